The predicted molar refractivity (Wildman–Crippen MR) is 98.4 cm³/mol. The van der Waals surface area contributed by atoms with Crippen LogP contribution in [0.3, 0.4) is 0 Å². The van der Waals surface area contributed by atoms with Crippen LogP contribution in [0.15, 0.2) is 5.16 Å². The van der Waals surface area contributed by atoms with Crippen LogP contribution in [0, 0.1) is 13.8 Å². The minimum Gasteiger partial charge on any atom is -0.370 e. The van der Waals surface area contributed by atoms with Gasteiger partial charge < -0.3 is 15.3 Å². The second-order valence-corrected chi connectivity index (χ2v) is 7.54. The Labute approximate surface area is 155 Å². The number of rotatable bonds is 8. The highest BCUT2D eigenvalue weighted by Gasteiger charge is 2.25. The van der Waals surface area contributed by atoms with Crippen LogP contribution in [0.5, 0.6) is 0 Å². The van der Waals surface area contributed by atoms with Gasteiger partial charge in [0.2, 0.25) is 5.91 Å². The molecule has 9 heteroatoms. The zero-order valence-electron chi connectivity index (χ0n) is 15.5. The average molecular weight is 377 g/mol. The van der Waals surface area contributed by atoms with E-state index >= 15 is 0 Å². The molecule has 2 rings (SSSR count). The predicted octanol–water partition coefficient (Wildman–Crippen LogP) is 1.74. The second kappa shape index (κ2) is 7.86. The van der Waals surface area contributed by atoms with E-state index in [2.05, 4.69) is 15.2 Å². The maximum atomic E-state index is 12.8. The van der Waals surface area contributed by atoms with Crippen molar-refractivity contribution in [1.29, 1.82) is 0 Å². The maximum absolute atomic E-state index is 12.8. The number of carbonyl (C=O) groups excluding carboxylic acids is 3. The van der Waals surface area contributed by atoms with Gasteiger partial charge in [0, 0.05) is 31.1 Å². The van der Waals surface area contributed by atoms with Crippen LogP contribution in [-0.4, -0.2) is 42.5 Å². The van der Waals surface area contributed by atoms with Crippen LogP contribution in [0.1, 0.15) is 58.2 Å². The number of amides is 1. The lowest BCUT2D eigenvalue weighted by Crippen LogP contribution is -2.16. The van der Waals surface area contributed by atoms with Gasteiger partial charge in [0.15, 0.2) is 16.7 Å². The standard InChI is InChI=1S/C17H23N5O3S/c1-8-14(10(3)23)9(2)19-15(8)16(25)11(4)26-17-21-20-13(22(17)5)7-6-12(18)24/h11,19H,6-7H2,1-5H3,(H2,18,24)/t11-/m1/s1. The Balaban J connectivity index is 2.17. The smallest absolute Gasteiger partial charge is 0.217 e. The van der Waals surface area contributed by atoms with E-state index in [-0.39, 0.29) is 18.0 Å². The quantitative estimate of drug-likeness (QED) is 0.533. The minimum absolute atomic E-state index is 0.0667. The molecule has 0 bridgehead atoms. The van der Waals surface area contributed by atoms with Crippen LogP contribution in [0.4, 0.5) is 0 Å². The molecule has 0 aliphatic rings. The molecule has 26 heavy (non-hydrogen) atoms. The number of nitrogens with two attached hydrogens (primary N) is 1. The van der Waals surface area contributed by atoms with Gasteiger partial charge in [0.05, 0.1) is 10.9 Å². The van der Waals surface area contributed by atoms with Gasteiger partial charge in [-0.2, -0.15) is 0 Å². The van der Waals surface area contributed by atoms with Crippen molar-refractivity contribution >= 4 is 29.2 Å². The number of primary amides is 1. The van der Waals surface area contributed by atoms with E-state index in [1.54, 1.807) is 32.4 Å². The maximum Gasteiger partial charge on any atom is 0.217 e. The third-order valence-corrected chi connectivity index (χ3v) is 5.34. The molecule has 2 aromatic heterocycles. The molecule has 0 saturated carbocycles. The van der Waals surface area contributed by atoms with Crippen molar-refractivity contribution in [1.82, 2.24) is 19.7 Å². The monoisotopic (exact) mass is 377 g/mol. The Morgan fingerprint density at radius 3 is 2.46 bits per heavy atom. The van der Waals surface area contributed by atoms with Crippen LogP contribution in [-0.2, 0) is 18.3 Å². The molecule has 1 amide bonds. The number of aromatic nitrogens is 4. The summed E-state index contributed by atoms with van der Waals surface area (Å²) in [6, 6.07) is 0. The fourth-order valence-electron chi connectivity index (χ4n) is 2.84. The van der Waals surface area contributed by atoms with Gasteiger partial charge in [0.25, 0.3) is 0 Å². The summed E-state index contributed by atoms with van der Waals surface area (Å²) in [5.74, 6) is 0.0640. The van der Waals surface area contributed by atoms with Gasteiger partial charge in [-0.15, -0.1) is 10.2 Å². The lowest BCUT2D eigenvalue weighted by molar-refractivity contribution is -0.118. The molecule has 1 atom stereocenters. The fraction of sp³-hybridized carbons (Fsp3) is 0.471. The Morgan fingerprint density at radius 1 is 1.27 bits per heavy atom. The normalized spacial score (nSPS) is 12.2. The molecule has 2 aromatic rings. The number of hydrogen-bond acceptors (Lipinski definition) is 6. The number of nitrogens with zero attached hydrogens (tertiary/aromatic N) is 3. The minimum atomic E-state index is -0.418. The summed E-state index contributed by atoms with van der Waals surface area (Å²) in [7, 11) is 1.79. The molecule has 0 saturated heterocycles. The summed E-state index contributed by atoms with van der Waals surface area (Å²) in [6.07, 6.45) is 0.596. The van der Waals surface area contributed by atoms with E-state index in [1.807, 2.05) is 0 Å². The first-order valence-corrected chi connectivity index (χ1v) is 9.09. The lowest BCUT2D eigenvalue weighted by Gasteiger charge is -2.10. The first-order chi connectivity index (χ1) is 12.1. The van der Waals surface area contributed by atoms with E-state index < -0.39 is 11.2 Å². The number of thioether (sulfide) groups is 1. The van der Waals surface area contributed by atoms with E-state index in [4.69, 9.17) is 5.73 Å². The van der Waals surface area contributed by atoms with Gasteiger partial charge in [0.1, 0.15) is 5.82 Å². The average Bonchev–Trinajstić information content (AvgIpc) is 3.04. The van der Waals surface area contributed by atoms with E-state index in [1.165, 1.54) is 18.7 Å². The summed E-state index contributed by atoms with van der Waals surface area (Å²) in [4.78, 5) is 38.5. The molecule has 0 radical (unpaired) electrons. The Hall–Kier alpha value is -2.42. The molecule has 0 unspecified atom stereocenters. The number of aromatic amines is 1. The zero-order chi connectivity index (χ0) is 19.6. The molecule has 3 N–H and O–H groups in total. The molecule has 0 aliphatic heterocycles. The zero-order valence-corrected chi connectivity index (χ0v) is 16.4. The summed E-state index contributed by atoms with van der Waals surface area (Å²) in [5, 5.41) is 8.31. The Morgan fingerprint density at radius 2 is 1.92 bits per heavy atom. The number of H-pyrrole nitrogens is 1. The molecule has 0 aliphatic carbocycles. The van der Waals surface area contributed by atoms with Crippen LogP contribution >= 0.6 is 11.8 Å². The molecule has 8 nitrogen and oxygen atoms in total. The number of Topliss-reactive ketones (excluding diaryl/α,β-unsaturated/α-hetero) is 2. The highest BCUT2D eigenvalue weighted by Crippen LogP contribution is 2.27. The van der Waals surface area contributed by atoms with Gasteiger partial charge in [-0.25, -0.2) is 0 Å². The van der Waals surface area contributed by atoms with Crippen molar-refractivity contribution in [2.75, 3.05) is 0 Å². The number of hydrogen-bond donors (Lipinski definition) is 2. The molecule has 140 valence electrons. The molecule has 0 aromatic carbocycles. The van der Waals surface area contributed by atoms with Gasteiger partial charge in [-0.1, -0.05) is 11.8 Å². The molecule has 0 spiro atoms. The van der Waals surface area contributed by atoms with Gasteiger partial charge >= 0.3 is 0 Å². The molecular formula is C17H23N5O3S. The highest BCUT2D eigenvalue weighted by molar-refractivity contribution is 8.00. The van der Waals surface area contributed by atoms with Crippen LogP contribution < -0.4 is 5.73 Å². The number of nitrogens with one attached hydrogen (secondary N) is 1. The number of aryl methyl sites for hydroxylation is 2. The van der Waals surface area contributed by atoms with Crippen molar-refractivity contribution in [3.8, 4) is 0 Å². The third kappa shape index (κ3) is 4.04. The first kappa shape index (κ1) is 19.9. The van der Waals surface area contributed by atoms with Crippen LogP contribution in [0.2, 0.25) is 0 Å². The SMILES string of the molecule is CC(=O)c1c(C)[nH]c(C(=O)[C@@H](C)Sc2nnc(CCC(N)=O)n2C)c1C. The Kier molecular flexibility index (Phi) is 6.01. The van der Waals surface area contributed by atoms with Gasteiger partial charge in [-0.05, 0) is 33.3 Å². The van der Waals surface area contributed by atoms with E-state index in [0.717, 1.165) is 0 Å². The van der Waals surface area contributed by atoms with E-state index in [9.17, 15) is 14.4 Å². The van der Waals surface area contributed by atoms with Crippen molar-refractivity contribution in [3.63, 3.8) is 0 Å². The molecular weight excluding hydrogens is 354 g/mol. The fourth-order valence-corrected chi connectivity index (χ4v) is 3.73. The number of carbonyl (C=O) groups is 3. The second-order valence-electron chi connectivity index (χ2n) is 6.23. The summed E-state index contributed by atoms with van der Waals surface area (Å²) >= 11 is 1.28. The largest absolute Gasteiger partial charge is 0.370 e. The summed E-state index contributed by atoms with van der Waals surface area (Å²) in [5.41, 5.74) is 7.54. The first-order valence-electron chi connectivity index (χ1n) is 8.21. The topological polar surface area (TPSA) is 124 Å². The number of ketones is 2. The third-order valence-electron chi connectivity index (χ3n) is 4.21. The van der Waals surface area contributed by atoms with Crippen LogP contribution in [0.25, 0.3) is 0 Å². The van der Waals surface area contributed by atoms with Crippen molar-refractivity contribution < 1.29 is 14.4 Å². The van der Waals surface area contributed by atoms with Crippen molar-refractivity contribution in [3.05, 3.63) is 28.3 Å². The van der Waals surface area contributed by atoms with Crippen molar-refractivity contribution in [2.24, 2.45) is 12.8 Å². The lowest BCUT2D eigenvalue weighted by atomic mass is 10.0. The van der Waals surface area contributed by atoms with Gasteiger partial charge in [-0.3, -0.25) is 14.4 Å². The summed E-state index contributed by atoms with van der Waals surface area (Å²) in [6.45, 7) is 6.83. The van der Waals surface area contributed by atoms with Crippen molar-refractivity contribution in [2.45, 2.75) is 50.9 Å². The Bertz CT molecular complexity index is 868. The molecule has 0 fully saturated rings. The summed E-state index contributed by atoms with van der Waals surface area (Å²) < 4.78 is 1.76. The van der Waals surface area contributed by atoms with E-state index in [0.29, 0.717) is 39.9 Å². The molecule has 2 heterocycles. The highest BCUT2D eigenvalue weighted by atomic mass is 32.2.